The summed E-state index contributed by atoms with van der Waals surface area (Å²) in [5.41, 5.74) is 5.85. The fraction of sp³-hybridized carbons (Fsp3) is 0.727. The fourth-order valence-electron chi connectivity index (χ4n) is 2.04. The van der Waals surface area contributed by atoms with Gasteiger partial charge < -0.3 is 10.5 Å². The summed E-state index contributed by atoms with van der Waals surface area (Å²) in [6.07, 6.45) is 8.33. The Morgan fingerprint density at radius 2 is 2.12 bits per heavy atom. The van der Waals surface area contributed by atoms with Crippen LogP contribution < -0.4 is 10.5 Å². The van der Waals surface area contributed by atoms with Gasteiger partial charge in [-0.2, -0.15) is 5.10 Å². The second-order valence-electron chi connectivity index (χ2n) is 4.44. The van der Waals surface area contributed by atoms with Crippen molar-refractivity contribution >= 4 is 12.4 Å². The summed E-state index contributed by atoms with van der Waals surface area (Å²) in [5, 5.41) is 4.06. The first kappa shape index (κ1) is 13.3. The van der Waals surface area contributed by atoms with Gasteiger partial charge in [-0.15, -0.1) is 12.4 Å². The van der Waals surface area contributed by atoms with E-state index in [1.807, 2.05) is 13.2 Å². The molecule has 2 rings (SSSR count). The summed E-state index contributed by atoms with van der Waals surface area (Å²) in [7, 11) is 1.90. The van der Waals surface area contributed by atoms with E-state index in [4.69, 9.17) is 10.5 Å². The molecule has 0 atom stereocenters. The Kier molecular flexibility index (Phi) is 5.09. The lowest BCUT2D eigenvalue weighted by Crippen LogP contribution is -2.28. The highest BCUT2D eigenvalue weighted by molar-refractivity contribution is 5.85. The van der Waals surface area contributed by atoms with Crippen LogP contribution in [0, 0.1) is 5.92 Å². The Bertz CT molecular complexity index is 308. The average Bonchev–Trinajstić information content (AvgIpc) is 2.64. The van der Waals surface area contributed by atoms with Crippen LogP contribution in [0.5, 0.6) is 5.75 Å². The average molecular weight is 246 g/mol. The Hall–Kier alpha value is -0.740. The van der Waals surface area contributed by atoms with E-state index < -0.39 is 0 Å². The van der Waals surface area contributed by atoms with Crippen LogP contribution in [0.4, 0.5) is 0 Å². The third-order valence-corrected chi connectivity index (χ3v) is 3.06. The Morgan fingerprint density at radius 3 is 2.69 bits per heavy atom. The van der Waals surface area contributed by atoms with Gasteiger partial charge in [0.15, 0.2) is 5.75 Å². The second kappa shape index (κ2) is 6.11. The molecule has 2 N–H and O–H groups in total. The van der Waals surface area contributed by atoms with Gasteiger partial charge in [0.25, 0.3) is 0 Å². The lowest BCUT2D eigenvalue weighted by Gasteiger charge is -2.25. The van der Waals surface area contributed by atoms with Gasteiger partial charge in [0.05, 0.1) is 19.0 Å². The number of aromatic nitrogens is 2. The first-order valence-electron chi connectivity index (χ1n) is 5.61. The molecular weight excluding hydrogens is 226 g/mol. The highest BCUT2D eigenvalue weighted by Crippen LogP contribution is 2.23. The first-order valence-corrected chi connectivity index (χ1v) is 5.61. The summed E-state index contributed by atoms with van der Waals surface area (Å²) in [4.78, 5) is 0. The molecule has 0 amide bonds. The van der Waals surface area contributed by atoms with Gasteiger partial charge >= 0.3 is 0 Å². The summed E-state index contributed by atoms with van der Waals surface area (Å²) in [6, 6.07) is 0.416. The maximum atomic E-state index is 5.85. The van der Waals surface area contributed by atoms with Gasteiger partial charge in [-0.05, 0) is 31.6 Å². The predicted molar refractivity (Wildman–Crippen MR) is 65.9 cm³/mol. The Morgan fingerprint density at radius 1 is 1.44 bits per heavy atom. The van der Waals surface area contributed by atoms with Crippen LogP contribution in [0.25, 0.3) is 0 Å². The van der Waals surface area contributed by atoms with Crippen molar-refractivity contribution in [2.45, 2.75) is 31.7 Å². The number of hydrogen-bond acceptors (Lipinski definition) is 3. The van der Waals surface area contributed by atoms with E-state index in [1.165, 1.54) is 12.8 Å². The molecule has 1 aliphatic rings. The molecule has 1 fully saturated rings. The van der Waals surface area contributed by atoms with Crippen molar-refractivity contribution in [2.24, 2.45) is 18.7 Å². The summed E-state index contributed by atoms with van der Waals surface area (Å²) >= 11 is 0. The van der Waals surface area contributed by atoms with E-state index in [0.29, 0.717) is 12.0 Å². The van der Waals surface area contributed by atoms with Gasteiger partial charge in [-0.1, -0.05) is 0 Å². The zero-order valence-electron chi connectivity index (χ0n) is 9.63. The number of halogens is 1. The van der Waals surface area contributed by atoms with E-state index in [1.54, 1.807) is 10.9 Å². The lowest BCUT2D eigenvalue weighted by molar-refractivity contribution is 0.200. The van der Waals surface area contributed by atoms with Crippen LogP contribution in [0.3, 0.4) is 0 Å². The number of nitrogens with zero attached hydrogens (tertiary/aromatic N) is 2. The van der Waals surface area contributed by atoms with Gasteiger partial charge in [-0.25, -0.2) is 0 Å². The van der Waals surface area contributed by atoms with E-state index in [9.17, 15) is 0 Å². The number of hydrogen-bond donors (Lipinski definition) is 1. The summed E-state index contributed by atoms with van der Waals surface area (Å²) in [6.45, 7) is 0.804. The van der Waals surface area contributed by atoms with Crippen molar-refractivity contribution in [3.05, 3.63) is 12.4 Å². The van der Waals surface area contributed by atoms with Crippen LogP contribution in [0.1, 0.15) is 25.7 Å². The molecule has 0 spiro atoms. The zero-order valence-corrected chi connectivity index (χ0v) is 10.4. The number of aryl methyl sites for hydroxylation is 1. The molecule has 0 aliphatic heterocycles. The van der Waals surface area contributed by atoms with Crippen molar-refractivity contribution in [2.75, 3.05) is 6.61 Å². The minimum Gasteiger partial charge on any atom is -0.490 e. The van der Waals surface area contributed by atoms with Gasteiger partial charge in [0.2, 0.25) is 0 Å². The molecule has 0 saturated heterocycles. The van der Waals surface area contributed by atoms with Crippen molar-refractivity contribution in [3.8, 4) is 5.75 Å². The summed E-state index contributed by atoms with van der Waals surface area (Å²) in [5.74, 6) is 1.54. The Labute approximate surface area is 103 Å². The van der Waals surface area contributed by atoms with Gasteiger partial charge in [-0.3, -0.25) is 4.68 Å². The third kappa shape index (κ3) is 3.68. The molecule has 4 nitrogen and oxygen atoms in total. The van der Waals surface area contributed by atoms with Crippen molar-refractivity contribution in [1.29, 1.82) is 0 Å². The lowest BCUT2D eigenvalue weighted by atomic mass is 9.87. The van der Waals surface area contributed by atoms with Crippen LogP contribution in [0.15, 0.2) is 12.4 Å². The largest absolute Gasteiger partial charge is 0.490 e. The van der Waals surface area contributed by atoms with E-state index in [0.717, 1.165) is 25.2 Å². The van der Waals surface area contributed by atoms with E-state index >= 15 is 0 Å². The highest BCUT2D eigenvalue weighted by Gasteiger charge is 2.18. The topological polar surface area (TPSA) is 53.1 Å². The zero-order chi connectivity index (χ0) is 10.7. The molecule has 1 aromatic rings. The first-order chi connectivity index (χ1) is 7.24. The summed E-state index contributed by atoms with van der Waals surface area (Å²) < 4.78 is 7.43. The second-order valence-corrected chi connectivity index (χ2v) is 4.44. The SMILES string of the molecule is Cl.Cn1cc(OCC2CCC(N)CC2)cn1. The molecule has 0 unspecified atom stereocenters. The molecule has 1 heterocycles. The molecule has 5 heteroatoms. The van der Waals surface area contributed by atoms with Crippen LogP contribution in [-0.2, 0) is 7.05 Å². The molecular formula is C11H20ClN3O. The number of rotatable bonds is 3. The molecule has 92 valence electrons. The minimum absolute atomic E-state index is 0. The van der Waals surface area contributed by atoms with E-state index in [2.05, 4.69) is 5.10 Å². The Balaban J connectivity index is 0.00000128. The third-order valence-electron chi connectivity index (χ3n) is 3.06. The van der Waals surface area contributed by atoms with E-state index in [-0.39, 0.29) is 12.4 Å². The quantitative estimate of drug-likeness (QED) is 0.883. The minimum atomic E-state index is 0. The molecule has 1 aliphatic carbocycles. The molecule has 0 aromatic carbocycles. The molecule has 0 radical (unpaired) electrons. The number of ether oxygens (including phenoxy) is 1. The van der Waals surface area contributed by atoms with Crippen molar-refractivity contribution < 1.29 is 4.74 Å². The highest BCUT2D eigenvalue weighted by atomic mass is 35.5. The molecule has 16 heavy (non-hydrogen) atoms. The van der Waals surface area contributed by atoms with Crippen LogP contribution >= 0.6 is 12.4 Å². The van der Waals surface area contributed by atoms with Gasteiger partial charge in [0.1, 0.15) is 0 Å². The van der Waals surface area contributed by atoms with Crippen LogP contribution in [0.2, 0.25) is 0 Å². The smallest absolute Gasteiger partial charge is 0.157 e. The molecule has 0 bridgehead atoms. The molecule has 1 aromatic heterocycles. The van der Waals surface area contributed by atoms with Crippen molar-refractivity contribution in [1.82, 2.24) is 9.78 Å². The van der Waals surface area contributed by atoms with Crippen LogP contribution in [-0.4, -0.2) is 22.4 Å². The monoisotopic (exact) mass is 245 g/mol. The maximum Gasteiger partial charge on any atom is 0.157 e. The maximum absolute atomic E-state index is 5.85. The normalized spacial score (nSPS) is 24.9. The van der Waals surface area contributed by atoms with Gasteiger partial charge in [0, 0.05) is 13.1 Å². The standard InChI is InChI=1S/C11H19N3O.ClH/c1-14-7-11(6-13-14)15-8-9-2-4-10(12)5-3-9;/h6-7,9-10H,2-5,8,12H2,1H3;1H. The van der Waals surface area contributed by atoms with Crippen molar-refractivity contribution in [3.63, 3.8) is 0 Å². The predicted octanol–water partition coefficient (Wildman–Crippen LogP) is 1.74. The fourth-order valence-corrected chi connectivity index (χ4v) is 2.04. The molecule has 1 saturated carbocycles. The number of nitrogens with two attached hydrogens (primary N) is 1.